The van der Waals surface area contributed by atoms with Crippen molar-refractivity contribution in [3.05, 3.63) is 166 Å². The summed E-state index contributed by atoms with van der Waals surface area (Å²) in [4.78, 5) is 43.4. The molecule has 0 aliphatic heterocycles. The molecule has 7 rings (SSSR count). The molecule has 5 aromatic carbocycles. The maximum atomic E-state index is 15.2. The first-order chi connectivity index (χ1) is 31.7. The Kier molecular flexibility index (Phi) is 16.9. The van der Waals surface area contributed by atoms with Crippen LogP contribution in [-0.2, 0) is 36.3 Å². The molecule has 0 aliphatic carbocycles. The molecule has 4 N–H and O–H groups in total. The van der Waals surface area contributed by atoms with Gasteiger partial charge < -0.3 is 24.8 Å². The first-order valence-corrected chi connectivity index (χ1v) is 23.1. The first kappa shape index (κ1) is 50.8. The highest BCUT2D eigenvalue weighted by Crippen LogP contribution is 2.33. The molecule has 352 valence electrons. The van der Waals surface area contributed by atoms with E-state index < -0.39 is 49.6 Å². The molecular weight excluding hydrogens is 910 g/mol. The van der Waals surface area contributed by atoms with Crippen LogP contribution in [-0.4, -0.2) is 79.0 Å². The number of carbonyl (C=O) groups excluding carboxylic acids is 2. The van der Waals surface area contributed by atoms with Gasteiger partial charge in [-0.15, -0.1) is 0 Å². The molecule has 1 atom stereocenters. The third kappa shape index (κ3) is 13.7. The van der Waals surface area contributed by atoms with Crippen LogP contribution in [0.3, 0.4) is 0 Å². The summed E-state index contributed by atoms with van der Waals surface area (Å²) in [5, 5.41) is 6.03. The van der Waals surface area contributed by atoms with Crippen LogP contribution in [0.2, 0.25) is 0 Å². The van der Waals surface area contributed by atoms with Crippen molar-refractivity contribution in [2.24, 2.45) is 0 Å². The van der Waals surface area contributed by atoms with Gasteiger partial charge in [-0.05, 0) is 101 Å². The summed E-state index contributed by atoms with van der Waals surface area (Å²) in [6, 6.07) is 31.7. The number of amides is 1. The first-order valence-electron chi connectivity index (χ1n) is 20.2. The number of aryl methyl sites for hydroxylation is 2. The van der Waals surface area contributed by atoms with Crippen molar-refractivity contribution in [2.45, 2.75) is 50.1 Å². The van der Waals surface area contributed by atoms with E-state index in [4.69, 9.17) is 23.3 Å². The number of ether oxygens (including phenoxy) is 3. The summed E-state index contributed by atoms with van der Waals surface area (Å²) >= 11 is 0. The molecule has 2 aromatic heterocycles. The number of esters is 1. The van der Waals surface area contributed by atoms with Gasteiger partial charge in [0.05, 0.1) is 46.9 Å². The minimum Gasteiger partial charge on any atom is -0.497 e. The number of hydrogen-bond donors (Lipinski definition) is 4. The lowest BCUT2D eigenvalue weighted by Crippen LogP contribution is -2.30. The summed E-state index contributed by atoms with van der Waals surface area (Å²) in [7, 11) is -4.85. The highest BCUT2D eigenvalue weighted by atomic mass is 32.2. The minimum absolute atomic E-state index is 0.0307. The number of likely N-dealkylation sites (N-methyl/N-ethyl adjacent to an activating group) is 1. The molecule has 0 aliphatic rings. The van der Waals surface area contributed by atoms with Crippen molar-refractivity contribution in [1.82, 2.24) is 19.7 Å². The molecule has 67 heavy (non-hydrogen) atoms. The van der Waals surface area contributed by atoms with Gasteiger partial charge in [0.1, 0.15) is 23.2 Å². The zero-order valence-electron chi connectivity index (χ0n) is 37.1. The minimum atomic E-state index is -4.02. The molecule has 0 spiro atoms. The summed E-state index contributed by atoms with van der Waals surface area (Å²) in [5.74, 6) is -0.938. The number of nitrogens with one attached hydrogen (secondary N) is 2. The van der Waals surface area contributed by atoms with Crippen molar-refractivity contribution in [1.29, 1.82) is 0 Å². The summed E-state index contributed by atoms with van der Waals surface area (Å²) in [5.41, 5.74) is 2.81. The normalized spacial score (nSPS) is 11.6. The zero-order valence-corrected chi connectivity index (χ0v) is 38.8. The summed E-state index contributed by atoms with van der Waals surface area (Å²) in [6.45, 7) is 7.15. The predicted octanol–water partition coefficient (Wildman–Crippen LogP) is 7.32. The van der Waals surface area contributed by atoms with Gasteiger partial charge in [0, 0.05) is 29.4 Å². The van der Waals surface area contributed by atoms with Gasteiger partial charge in [0.2, 0.25) is 0 Å². The van der Waals surface area contributed by atoms with Crippen LogP contribution in [0.15, 0.2) is 142 Å². The van der Waals surface area contributed by atoms with Crippen LogP contribution in [0, 0.1) is 26.6 Å². The van der Waals surface area contributed by atoms with E-state index >= 15 is 4.39 Å². The lowest BCUT2D eigenvalue weighted by molar-refractivity contribution is -0.147. The lowest BCUT2D eigenvalue weighted by Gasteiger charge is -2.18. The molecule has 7 aromatic rings. The highest BCUT2D eigenvalue weighted by Gasteiger charge is 2.26. The summed E-state index contributed by atoms with van der Waals surface area (Å²) < 4.78 is 93.8. The summed E-state index contributed by atoms with van der Waals surface area (Å²) in [6.07, 6.45) is 0.941. The Morgan fingerprint density at radius 3 is 1.93 bits per heavy atom. The largest absolute Gasteiger partial charge is 0.497 e. The number of pyridine rings is 1. The van der Waals surface area contributed by atoms with E-state index in [1.54, 1.807) is 118 Å². The molecule has 0 radical (unpaired) electrons. The van der Waals surface area contributed by atoms with Crippen LogP contribution in [0.4, 0.5) is 10.1 Å². The van der Waals surface area contributed by atoms with Crippen molar-refractivity contribution in [3.8, 4) is 22.9 Å². The lowest BCUT2D eigenvalue weighted by atomic mass is 10.2. The second kappa shape index (κ2) is 22.3. The van der Waals surface area contributed by atoms with E-state index in [1.807, 2.05) is 13.8 Å². The van der Waals surface area contributed by atoms with Crippen molar-refractivity contribution in [3.63, 3.8) is 0 Å². The van der Waals surface area contributed by atoms with Crippen LogP contribution in [0.5, 0.6) is 17.2 Å². The smallest absolute Gasteiger partial charge is 0.320 e. The van der Waals surface area contributed by atoms with Crippen LogP contribution in [0.25, 0.3) is 16.6 Å². The number of methoxy groups -OCH3 is 1. The molecule has 2 heterocycles. The number of para-hydroxylation sites is 1. The molecule has 0 unspecified atom stereocenters. The number of halogens is 1. The monoisotopic (exact) mass is 957 g/mol. The predicted molar refractivity (Wildman–Crippen MR) is 249 cm³/mol. The second-order valence-corrected chi connectivity index (χ2v) is 17.6. The fourth-order valence-electron chi connectivity index (χ4n) is 6.36. The zero-order chi connectivity index (χ0) is 49.1. The molecule has 20 heteroatoms. The Bertz CT molecular complexity index is 3070. The number of rotatable bonds is 13. The standard InChI is InChI=1S/C33H32FN5O6.2C7H8O3S/c1-20(44-30(40)18-35-3)19-38-21(2)31(33(42)39(38)23-8-6-5-7-9-23)32(41)37-22-10-13-29(26(34)16-22)45-28-14-15-36-27-17-24(43-4)11-12-25(27)28;2*1-6-2-4-7(5-3-6)11(8,9)10/h5-17,20,35H,18-19H2,1-4H3,(H,37,41);2*2-5H,1H3,(H,8,9,10)/t20-;;/m1../s1. The number of benzene rings is 5. The maximum Gasteiger partial charge on any atom is 0.320 e. The molecule has 0 bridgehead atoms. The quantitative estimate of drug-likeness (QED) is 0.0655. The Hall–Kier alpha value is -7.23. The van der Waals surface area contributed by atoms with Crippen molar-refractivity contribution in [2.75, 3.05) is 26.0 Å². The van der Waals surface area contributed by atoms with E-state index in [9.17, 15) is 31.2 Å². The number of aromatic nitrogens is 3. The Morgan fingerprint density at radius 2 is 1.39 bits per heavy atom. The van der Waals surface area contributed by atoms with Gasteiger partial charge in [0.25, 0.3) is 31.7 Å². The Labute approximate surface area is 386 Å². The molecule has 1 amide bonds. The number of hydrogen-bond acceptors (Lipinski definition) is 12. The van der Waals surface area contributed by atoms with Crippen LogP contribution in [0.1, 0.15) is 34.1 Å². The van der Waals surface area contributed by atoms with Crippen molar-refractivity contribution >= 4 is 48.7 Å². The molecule has 0 fully saturated rings. The molecule has 0 saturated carbocycles. The molecule has 0 saturated heterocycles. The fourth-order valence-corrected chi connectivity index (χ4v) is 7.32. The third-order valence-corrected chi connectivity index (χ3v) is 11.4. The van der Waals surface area contributed by atoms with Crippen LogP contribution < -0.4 is 25.7 Å². The maximum absolute atomic E-state index is 15.2. The van der Waals surface area contributed by atoms with E-state index in [2.05, 4.69) is 15.6 Å². The van der Waals surface area contributed by atoms with Gasteiger partial charge in [-0.1, -0.05) is 53.6 Å². The van der Waals surface area contributed by atoms with Gasteiger partial charge in [0.15, 0.2) is 11.6 Å². The number of fused-ring (bicyclic) bond motifs is 1. The average Bonchev–Trinajstić information content (AvgIpc) is 3.52. The van der Waals surface area contributed by atoms with Gasteiger partial charge in [-0.2, -0.15) is 16.8 Å². The fraction of sp³-hybridized carbons (Fsp3) is 0.191. The number of carbonyl (C=O) groups is 2. The molecule has 17 nitrogen and oxygen atoms in total. The third-order valence-electron chi connectivity index (χ3n) is 9.67. The highest BCUT2D eigenvalue weighted by molar-refractivity contribution is 7.86. The number of anilines is 1. The topological polar surface area (TPSA) is 234 Å². The van der Waals surface area contributed by atoms with E-state index in [0.29, 0.717) is 33.8 Å². The average molecular weight is 958 g/mol. The SMILES string of the molecule is CNCC(=O)O[C@H](C)Cn1c(C)c(C(=O)Nc2ccc(Oc3ccnc4cc(OC)ccc34)c(F)c2)c(=O)n1-c1ccccc1.Cc1ccc(S(=O)(=O)O)cc1.Cc1ccc(S(=O)(=O)O)cc1. The van der Waals surface area contributed by atoms with Gasteiger partial charge >= 0.3 is 5.97 Å². The van der Waals surface area contributed by atoms with Gasteiger partial charge in [-0.3, -0.25) is 33.2 Å². The van der Waals surface area contributed by atoms with Gasteiger partial charge in [-0.25, -0.2) is 9.07 Å². The van der Waals surface area contributed by atoms with Crippen LogP contribution >= 0.6 is 0 Å². The molecular formula is C47H48FN5O12S2. The van der Waals surface area contributed by atoms with E-state index in [1.165, 1.54) is 41.1 Å². The Balaban J connectivity index is 0.000000310. The van der Waals surface area contributed by atoms with E-state index in [-0.39, 0.29) is 39.9 Å². The van der Waals surface area contributed by atoms with Crippen molar-refractivity contribution < 1.29 is 54.1 Å². The second-order valence-electron chi connectivity index (χ2n) is 14.8. The Morgan fingerprint density at radius 1 is 0.791 bits per heavy atom. The number of nitrogens with zero attached hydrogens (tertiary/aromatic N) is 3. The van der Waals surface area contributed by atoms with E-state index in [0.717, 1.165) is 17.2 Å².